The molecule has 0 aliphatic heterocycles. The fourth-order valence-corrected chi connectivity index (χ4v) is 1.02. The normalized spacial score (nSPS) is 11.3. The Hall–Kier alpha value is -1.98. The van der Waals surface area contributed by atoms with E-state index < -0.39 is 24.2 Å². The lowest BCUT2D eigenvalue weighted by atomic mass is 10.1. The smallest absolute Gasteiger partial charge is 0.344 e. The first-order chi connectivity index (χ1) is 7.52. The van der Waals surface area contributed by atoms with E-state index in [4.69, 9.17) is 5.11 Å². The summed E-state index contributed by atoms with van der Waals surface area (Å²) in [6, 6.07) is 3.62. The zero-order valence-electron chi connectivity index (χ0n) is 8.41. The number of halogens is 2. The van der Waals surface area contributed by atoms with Gasteiger partial charge in [-0.3, -0.25) is 0 Å². The number of carbonyl (C=O) groups is 1. The highest BCUT2D eigenvalue weighted by atomic mass is 19.2. The van der Waals surface area contributed by atoms with Crippen LogP contribution in [0.5, 0.6) is 0 Å². The quantitative estimate of drug-likeness (QED) is 0.632. The van der Waals surface area contributed by atoms with E-state index in [1.807, 2.05) is 0 Å². The van der Waals surface area contributed by atoms with Crippen LogP contribution in [0.2, 0.25) is 0 Å². The Morgan fingerprint density at radius 2 is 2.19 bits per heavy atom. The second kappa shape index (κ2) is 5.20. The average Bonchev–Trinajstić information content (AvgIpc) is 2.21. The lowest BCUT2D eigenvalue weighted by Crippen LogP contribution is -2.06. The standard InChI is InChI=1S/C10H9F2NO3/c1-6(13-16-5-9(14)15)7-3-2-4-8(11)10(7)12/h2-4H,5H2,1H3,(H,14,15)/b13-6-. The van der Waals surface area contributed by atoms with Crippen LogP contribution in [0, 0.1) is 11.6 Å². The molecule has 4 nitrogen and oxygen atoms in total. The molecule has 0 aliphatic carbocycles. The third kappa shape index (κ3) is 3.01. The molecule has 0 fully saturated rings. The minimum atomic E-state index is -1.20. The predicted octanol–water partition coefficient (Wildman–Crippen LogP) is 1.79. The number of rotatable bonds is 4. The summed E-state index contributed by atoms with van der Waals surface area (Å²) < 4.78 is 26.0. The first kappa shape index (κ1) is 12.1. The van der Waals surface area contributed by atoms with Gasteiger partial charge in [-0.1, -0.05) is 11.2 Å². The number of aliphatic carboxylic acids is 1. The highest BCUT2D eigenvalue weighted by Crippen LogP contribution is 2.12. The zero-order valence-corrected chi connectivity index (χ0v) is 8.41. The van der Waals surface area contributed by atoms with Crippen molar-refractivity contribution in [3.8, 4) is 0 Å². The maximum atomic E-state index is 13.2. The second-order valence-corrected chi connectivity index (χ2v) is 2.95. The van der Waals surface area contributed by atoms with E-state index in [1.54, 1.807) is 0 Å². The van der Waals surface area contributed by atoms with E-state index in [-0.39, 0.29) is 11.3 Å². The number of oxime groups is 1. The Morgan fingerprint density at radius 3 is 2.81 bits per heavy atom. The summed E-state index contributed by atoms with van der Waals surface area (Å²) in [5.74, 6) is -3.23. The van der Waals surface area contributed by atoms with Crippen LogP contribution in [0.25, 0.3) is 0 Å². The summed E-state index contributed by atoms with van der Waals surface area (Å²) in [4.78, 5) is 14.5. The first-order valence-electron chi connectivity index (χ1n) is 4.35. The number of hydrogen-bond acceptors (Lipinski definition) is 3. The number of carboxylic acid groups (broad SMARTS) is 1. The minimum absolute atomic E-state index is 0.0645. The Labute approximate surface area is 90.1 Å². The van der Waals surface area contributed by atoms with Gasteiger partial charge in [0.15, 0.2) is 11.6 Å². The zero-order chi connectivity index (χ0) is 12.1. The van der Waals surface area contributed by atoms with Crippen molar-refractivity contribution in [2.75, 3.05) is 6.61 Å². The molecular formula is C10H9F2NO3. The van der Waals surface area contributed by atoms with Gasteiger partial charge in [-0.05, 0) is 19.1 Å². The van der Waals surface area contributed by atoms with Crippen LogP contribution >= 0.6 is 0 Å². The molecule has 1 N–H and O–H groups in total. The average molecular weight is 229 g/mol. The topological polar surface area (TPSA) is 58.9 Å². The molecule has 0 bridgehead atoms. The van der Waals surface area contributed by atoms with Crippen LogP contribution in [-0.2, 0) is 9.63 Å². The van der Waals surface area contributed by atoms with Crippen molar-refractivity contribution >= 4 is 11.7 Å². The van der Waals surface area contributed by atoms with Crippen LogP contribution in [0.15, 0.2) is 23.4 Å². The first-order valence-corrected chi connectivity index (χ1v) is 4.35. The van der Waals surface area contributed by atoms with Crippen LogP contribution in [0.4, 0.5) is 8.78 Å². The van der Waals surface area contributed by atoms with Crippen LogP contribution in [-0.4, -0.2) is 23.4 Å². The van der Waals surface area contributed by atoms with E-state index in [1.165, 1.54) is 19.1 Å². The molecule has 1 aromatic rings. The lowest BCUT2D eigenvalue weighted by Gasteiger charge is -2.02. The SMILES string of the molecule is C/C(=N/OCC(=O)O)c1cccc(F)c1F. The number of benzene rings is 1. The molecule has 1 aromatic carbocycles. The summed E-state index contributed by atoms with van der Waals surface area (Å²) in [6.45, 7) is 0.758. The van der Waals surface area contributed by atoms with Crippen molar-refractivity contribution in [3.63, 3.8) is 0 Å². The Morgan fingerprint density at radius 1 is 1.50 bits per heavy atom. The molecular weight excluding hydrogens is 220 g/mol. The molecule has 0 amide bonds. The molecule has 0 saturated heterocycles. The molecule has 0 unspecified atom stereocenters. The van der Waals surface area contributed by atoms with Crippen molar-refractivity contribution < 1.29 is 23.5 Å². The maximum Gasteiger partial charge on any atom is 0.344 e. The molecule has 16 heavy (non-hydrogen) atoms. The van der Waals surface area contributed by atoms with Crippen molar-refractivity contribution in [2.24, 2.45) is 5.16 Å². The molecule has 0 radical (unpaired) electrons. The van der Waals surface area contributed by atoms with Gasteiger partial charge in [0, 0.05) is 5.56 Å². The van der Waals surface area contributed by atoms with E-state index in [2.05, 4.69) is 9.99 Å². The van der Waals surface area contributed by atoms with Crippen LogP contribution in [0.1, 0.15) is 12.5 Å². The van der Waals surface area contributed by atoms with Gasteiger partial charge < -0.3 is 9.94 Å². The largest absolute Gasteiger partial charge is 0.479 e. The molecule has 0 spiro atoms. The Kier molecular flexibility index (Phi) is 3.93. The van der Waals surface area contributed by atoms with Crippen molar-refractivity contribution in [1.82, 2.24) is 0 Å². The van der Waals surface area contributed by atoms with Gasteiger partial charge in [0.05, 0.1) is 5.71 Å². The van der Waals surface area contributed by atoms with Gasteiger partial charge in [-0.15, -0.1) is 0 Å². The summed E-state index contributed by atoms with van der Waals surface area (Å²) >= 11 is 0. The molecule has 0 atom stereocenters. The number of nitrogens with zero attached hydrogens (tertiary/aromatic N) is 1. The molecule has 86 valence electrons. The van der Waals surface area contributed by atoms with Gasteiger partial charge in [-0.25, -0.2) is 13.6 Å². The van der Waals surface area contributed by atoms with E-state index >= 15 is 0 Å². The summed E-state index contributed by atoms with van der Waals surface area (Å²) in [5, 5.41) is 11.6. The molecule has 6 heteroatoms. The fraction of sp³-hybridized carbons (Fsp3) is 0.200. The molecule has 0 aromatic heterocycles. The minimum Gasteiger partial charge on any atom is -0.479 e. The van der Waals surface area contributed by atoms with E-state index in [0.29, 0.717) is 0 Å². The third-order valence-corrected chi connectivity index (χ3v) is 1.73. The molecule has 0 aliphatic rings. The Balaban J connectivity index is 2.83. The van der Waals surface area contributed by atoms with Gasteiger partial charge in [0.25, 0.3) is 0 Å². The fourth-order valence-electron chi connectivity index (χ4n) is 1.02. The van der Waals surface area contributed by atoms with Gasteiger partial charge in [0.1, 0.15) is 0 Å². The van der Waals surface area contributed by atoms with Gasteiger partial charge in [0.2, 0.25) is 6.61 Å². The highest BCUT2D eigenvalue weighted by molar-refractivity contribution is 5.98. The second-order valence-electron chi connectivity index (χ2n) is 2.95. The summed E-state index contributed by atoms with van der Waals surface area (Å²) in [7, 11) is 0. The van der Waals surface area contributed by atoms with Gasteiger partial charge in [-0.2, -0.15) is 0 Å². The number of carboxylic acids is 1. The van der Waals surface area contributed by atoms with Crippen LogP contribution in [0.3, 0.4) is 0 Å². The lowest BCUT2D eigenvalue weighted by molar-refractivity contribution is -0.142. The highest BCUT2D eigenvalue weighted by Gasteiger charge is 2.10. The predicted molar refractivity (Wildman–Crippen MR) is 52.2 cm³/mol. The maximum absolute atomic E-state index is 13.2. The number of hydrogen-bond donors (Lipinski definition) is 1. The Bertz CT molecular complexity index is 432. The van der Waals surface area contributed by atoms with E-state index in [0.717, 1.165) is 6.07 Å². The van der Waals surface area contributed by atoms with Gasteiger partial charge >= 0.3 is 5.97 Å². The summed E-state index contributed by atoms with van der Waals surface area (Å²) in [6.07, 6.45) is 0. The molecule has 0 heterocycles. The van der Waals surface area contributed by atoms with Crippen molar-refractivity contribution in [3.05, 3.63) is 35.4 Å². The monoisotopic (exact) mass is 229 g/mol. The van der Waals surface area contributed by atoms with Crippen molar-refractivity contribution in [2.45, 2.75) is 6.92 Å². The van der Waals surface area contributed by atoms with Crippen molar-refractivity contribution in [1.29, 1.82) is 0 Å². The molecule has 1 rings (SSSR count). The summed E-state index contributed by atoms with van der Waals surface area (Å²) in [5.41, 5.74) is 0.00337. The van der Waals surface area contributed by atoms with E-state index in [9.17, 15) is 13.6 Å². The van der Waals surface area contributed by atoms with Crippen LogP contribution < -0.4 is 0 Å². The molecule has 0 saturated carbocycles. The third-order valence-electron chi connectivity index (χ3n) is 1.73.